The van der Waals surface area contributed by atoms with Crippen molar-refractivity contribution in [2.45, 2.75) is 24.7 Å². The molecule has 0 bridgehead atoms. The quantitative estimate of drug-likeness (QED) is 0.177. The highest BCUT2D eigenvalue weighted by Gasteiger charge is 2.51. The average molecular weight is 766 g/mol. The van der Waals surface area contributed by atoms with Crippen molar-refractivity contribution >= 4 is 39.0 Å². The molecule has 0 saturated heterocycles. The lowest BCUT2D eigenvalue weighted by Crippen LogP contribution is -2.26. The number of nitrogens with zero attached hydrogens (tertiary/aromatic N) is 1. The van der Waals surface area contributed by atoms with Gasteiger partial charge in [0.2, 0.25) is 0 Å². The molecule has 3 aliphatic rings. The van der Waals surface area contributed by atoms with Crippen LogP contribution in [-0.2, 0) is 10.8 Å². The molecule has 60 heavy (non-hydrogen) atoms. The molecule has 2 heteroatoms. The van der Waals surface area contributed by atoms with E-state index >= 15 is 0 Å². The largest absolute Gasteiger partial charge is 0.456 e. The summed E-state index contributed by atoms with van der Waals surface area (Å²) in [7, 11) is 0. The van der Waals surface area contributed by atoms with E-state index in [0.29, 0.717) is 0 Å². The minimum Gasteiger partial charge on any atom is -0.456 e. The molecule has 0 amide bonds. The van der Waals surface area contributed by atoms with Crippen LogP contribution in [0, 0.1) is 0 Å². The van der Waals surface area contributed by atoms with Crippen LogP contribution >= 0.6 is 0 Å². The Balaban J connectivity index is 1.09. The number of hydrogen-bond donors (Lipinski definition) is 0. The van der Waals surface area contributed by atoms with Gasteiger partial charge in [-0.25, -0.2) is 0 Å². The van der Waals surface area contributed by atoms with Crippen LogP contribution in [0.2, 0.25) is 0 Å². The minimum atomic E-state index is -0.459. The van der Waals surface area contributed by atoms with Crippen molar-refractivity contribution in [2.24, 2.45) is 0 Å². The van der Waals surface area contributed by atoms with Crippen LogP contribution < -0.4 is 4.90 Å². The third-order valence-corrected chi connectivity index (χ3v) is 13.9. The number of rotatable bonds is 4. The molecule has 1 heterocycles. The number of fused-ring (bicyclic) bond motifs is 16. The minimum absolute atomic E-state index is 0.178. The Bertz CT molecular complexity index is 3370. The molecule has 9 aromatic carbocycles. The fraction of sp³-hybridized carbons (Fsp3) is 0.0690. The lowest BCUT2D eigenvalue weighted by Gasteiger charge is -2.33. The topological polar surface area (TPSA) is 16.4 Å². The van der Waals surface area contributed by atoms with Gasteiger partial charge in [0.25, 0.3) is 0 Å². The van der Waals surface area contributed by atoms with Crippen LogP contribution in [0.3, 0.4) is 0 Å². The van der Waals surface area contributed by atoms with Gasteiger partial charge < -0.3 is 9.32 Å². The van der Waals surface area contributed by atoms with E-state index in [1.807, 2.05) is 6.07 Å². The molecule has 0 fully saturated rings. The van der Waals surface area contributed by atoms with E-state index in [1.54, 1.807) is 0 Å². The zero-order valence-corrected chi connectivity index (χ0v) is 33.4. The molecule has 0 atom stereocenters. The summed E-state index contributed by atoms with van der Waals surface area (Å²) in [5, 5.41) is 2.24. The van der Waals surface area contributed by atoms with Gasteiger partial charge in [-0.2, -0.15) is 0 Å². The van der Waals surface area contributed by atoms with Gasteiger partial charge in [-0.1, -0.05) is 172 Å². The molecule has 13 rings (SSSR count). The zero-order valence-electron chi connectivity index (χ0n) is 33.4. The van der Waals surface area contributed by atoms with Gasteiger partial charge in [0.05, 0.1) is 11.1 Å². The summed E-state index contributed by atoms with van der Waals surface area (Å²) in [5.41, 5.74) is 22.7. The molecular weight excluding hydrogens is 727 g/mol. The maximum absolute atomic E-state index is 6.60. The molecule has 10 aromatic rings. The van der Waals surface area contributed by atoms with Gasteiger partial charge in [-0.15, -0.1) is 0 Å². The highest BCUT2D eigenvalue weighted by Crippen LogP contribution is 2.63. The lowest BCUT2D eigenvalue weighted by molar-refractivity contribution is 0.662. The predicted molar refractivity (Wildman–Crippen MR) is 248 cm³/mol. The second kappa shape index (κ2) is 12.1. The Kier molecular flexibility index (Phi) is 6.74. The molecule has 1 spiro atoms. The molecule has 0 unspecified atom stereocenters. The van der Waals surface area contributed by atoms with E-state index in [-0.39, 0.29) is 5.41 Å². The van der Waals surface area contributed by atoms with Crippen molar-refractivity contribution in [3.8, 4) is 44.5 Å². The second-order valence-electron chi connectivity index (χ2n) is 17.1. The Morgan fingerprint density at radius 2 is 0.817 bits per heavy atom. The molecule has 3 aliphatic carbocycles. The highest BCUT2D eigenvalue weighted by molar-refractivity contribution is 6.07. The molecular formula is C58H39NO. The third kappa shape index (κ3) is 4.27. The predicted octanol–water partition coefficient (Wildman–Crippen LogP) is 15.4. The average Bonchev–Trinajstić information content (AvgIpc) is 3.99. The number of benzene rings is 9. The van der Waals surface area contributed by atoms with Crippen LogP contribution in [0.1, 0.15) is 47.2 Å². The van der Waals surface area contributed by atoms with Crippen molar-refractivity contribution in [3.63, 3.8) is 0 Å². The summed E-state index contributed by atoms with van der Waals surface area (Å²) in [6.45, 7) is 4.76. The fourth-order valence-corrected chi connectivity index (χ4v) is 11.5. The van der Waals surface area contributed by atoms with Crippen LogP contribution in [0.15, 0.2) is 205 Å². The molecule has 282 valence electrons. The van der Waals surface area contributed by atoms with Crippen molar-refractivity contribution in [1.29, 1.82) is 0 Å². The smallest absolute Gasteiger partial charge is 0.137 e. The van der Waals surface area contributed by atoms with E-state index in [1.165, 1.54) is 77.9 Å². The van der Waals surface area contributed by atoms with E-state index in [4.69, 9.17) is 4.42 Å². The van der Waals surface area contributed by atoms with Crippen LogP contribution in [0.25, 0.3) is 66.4 Å². The molecule has 2 nitrogen and oxygen atoms in total. The van der Waals surface area contributed by atoms with Crippen molar-refractivity contribution in [2.75, 3.05) is 4.90 Å². The van der Waals surface area contributed by atoms with Crippen molar-refractivity contribution in [1.82, 2.24) is 0 Å². The van der Waals surface area contributed by atoms with Gasteiger partial charge in [-0.05, 0) is 109 Å². The summed E-state index contributed by atoms with van der Waals surface area (Å²) in [6.07, 6.45) is 0. The Labute approximate surface area is 349 Å². The fourth-order valence-electron chi connectivity index (χ4n) is 11.5. The molecule has 1 aromatic heterocycles. The summed E-state index contributed by atoms with van der Waals surface area (Å²) >= 11 is 0. The highest BCUT2D eigenvalue weighted by atomic mass is 16.3. The van der Waals surface area contributed by atoms with Crippen LogP contribution in [0.5, 0.6) is 0 Å². The van der Waals surface area contributed by atoms with Gasteiger partial charge in [0.1, 0.15) is 11.2 Å². The summed E-state index contributed by atoms with van der Waals surface area (Å²) in [6, 6.07) is 74.2. The Morgan fingerprint density at radius 1 is 0.350 bits per heavy atom. The first kappa shape index (κ1) is 33.5. The van der Waals surface area contributed by atoms with Crippen molar-refractivity contribution < 1.29 is 4.42 Å². The van der Waals surface area contributed by atoms with Gasteiger partial charge in [0.15, 0.2) is 0 Å². The Hall–Kier alpha value is -7.42. The SMILES string of the molecule is CC1(C)c2ccccc2-c2cccc(-c3ccccc3N(c3ccc4c(c3)C3(c5ccccc5-c5ccccc53)c3ccccc3-4)c3ccc4c(c3)oc3ccccc34)c21. The molecule has 0 aliphatic heterocycles. The summed E-state index contributed by atoms with van der Waals surface area (Å²) < 4.78 is 6.60. The number of anilines is 3. The van der Waals surface area contributed by atoms with Gasteiger partial charge >= 0.3 is 0 Å². The monoisotopic (exact) mass is 765 g/mol. The van der Waals surface area contributed by atoms with Crippen LogP contribution in [-0.4, -0.2) is 0 Å². The lowest BCUT2D eigenvalue weighted by atomic mass is 9.70. The first-order chi connectivity index (χ1) is 29.5. The van der Waals surface area contributed by atoms with E-state index in [0.717, 1.165) is 39.0 Å². The molecule has 0 saturated carbocycles. The molecule has 0 N–H and O–H groups in total. The molecule has 0 radical (unpaired) electrons. The first-order valence-corrected chi connectivity index (χ1v) is 21.0. The summed E-state index contributed by atoms with van der Waals surface area (Å²) in [5.74, 6) is 0. The first-order valence-electron chi connectivity index (χ1n) is 21.0. The van der Waals surface area contributed by atoms with E-state index in [9.17, 15) is 0 Å². The van der Waals surface area contributed by atoms with E-state index < -0.39 is 5.41 Å². The Morgan fingerprint density at radius 3 is 1.50 bits per heavy atom. The number of hydrogen-bond acceptors (Lipinski definition) is 2. The van der Waals surface area contributed by atoms with Crippen LogP contribution in [0.4, 0.5) is 17.1 Å². The normalized spacial score (nSPS) is 14.4. The second-order valence-corrected chi connectivity index (χ2v) is 17.1. The standard InChI is InChI=1S/C58H39NO/c1-57(2)48-24-9-3-19-41(48)46-22-15-23-47(56(46)57)43-20-7-13-28-53(43)59(37-31-33-45-44-21-8-14-29-54(44)60-55(45)35-37)36-30-32-42-40-18-6-12-27-51(40)58(52(42)34-36)49-25-10-4-16-38(49)39-17-5-11-26-50(39)58/h3-35H,1-2H3. The maximum atomic E-state index is 6.60. The zero-order chi connectivity index (χ0) is 39.7. The number of para-hydroxylation sites is 2. The van der Waals surface area contributed by atoms with Crippen molar-refractivity contribution in [3.05, 3.63) is 234 Å². The van der Waals surface area contributed by atoms with E-state index in [2.05, 4.69) is 213 Å². The van der Waals surface area contributed by atoms with Gasteiger partial charge in [0, 0.05) is 39.2 Å². The third-order valence-electron chi connectivity index (χ3n) is 13.9. The van der Waals surface area contributed by atoms with Gasteiger partial charge in [-0.3, -0.25) is 0 Å². The maximum Gasteiger partial charge on any atom is 0.137 e. The number of furan rings is 1. The summed E-state index contributed by atoms with van der Waals surface area (Å²) in [4.78, 5) is 2.47.